The molecule has 2 amide bonds. The number of ether oxygens (including phenoxy) is 1. The Morgan fingerprint density at radius 2 is 1.75 bits per heavy atom. The summed E-state index contributed by atoms with van der Waals surface area (Å²) in [5.41, 5.74) is 0.409. The van der Waals surface area contributed by atoms with Gasteiger partial charge in [0.1, 0.15) is 5.75 Å². The molecule has 6 nitrogen and oxygen atoms in total. The van der Waals surface area contributed by atoms with E-state index in [0.717, 1.165) is 16.6 Å². The Balaban J connectivity index is 1.71. The number of hydrogen-bond donors (Lipinski definition) is 1. The van der Waals surface area contributed by atoms with Crippen molar-refractivity contribution in [3.05, 3.63) is 52.0 Å². The van der Waals surface area contributed by atoms with Crippen LogP contribution in [-0.4, -0.2) is 48.5 Å². The molecule has 172 valence electrons. The summed E-state index contributed by atoms with van der Waals surface area (Å²) in [6.45, 7) is 8.18. The Morgan fingerprint density at radius 1 is 1.09 bits per heavy atom. The van der Waals surface area contributed by atoms with Crippen molar-refractivity contribution in [1.82, 2.24) is 4.90 Å². The molecule has 0 aromatic heterocycles. The highest BCUT2D eigenvalue weighted by atomic mass is 79.9. The highest BCUT2D eigenvalue weighted by molar-refractivity contribution is 9.10. The minimum absolute atomic E-state index is 0.198. The highest BCUT2D eigenvalue weighted by Crippen LogP contribution is 2.31. The van der Waals surface area contributed by atoms with Crippen molar-refractivity contribution in [2.24, 2.45) is 0 Å². The van der Waals surface area contributed by atoms with Gasteiger partial charge in [0.2, 0.25) is 5.91 Å². The molecule has 0 spiro atoms. The first-order chi connectivity index (χ1) is 15.2. The highest BCUT2D eigenvalue weighted by Gasteiger charge is 2.31. The molecule has 2 aromatic carbocycles. The quantitative estimate of drug-likeness (QED) is 0.533. The molecule has 0 aliphatic carbocycles. The molecule has 1 fully saturated rings. The monoisotopic (exact) mass is 521 g/mol. The van der Waals surface area contributed by atoms with Crippen LogP contribution in [0.3, 0.4) is 0 Å². The van der Waals surface area contributed by atoms with E-state index in [1.165, 1.54) is 0 Å². The number of carbonyl (C=O) groups excluding carboxylic acids is 2. The number of rotatable bonds is 7. The molecule has 3 rings (SSSR count). The topological polar surface area (TPSA) is 61.9 Å². The van der Waals surface area contributed by atoms with Crippen molar-refractivity contribution in [1.29, 1.82) is 0 Å². The van der Waals surface area contributed by atoms with Crippen molar-refractivity contribution in [3.8, 4) is 5.75 Å². The van der Waals surface area contributed by atoms with Crippen LogP contribution in [0, 0.1) is 0 Å². The van der Waals surface area contributed by atoms with E-state index in [-0.39, 0.29) is 11.8 Å². The number of carbonyl (C=O) groups is 2. The third-order valence-corrected chi connectivity index (χ3v) is 6.14. The Bertz CT molecular complexity index is 957. The number of nitrogens with zero attached hydrogens (tertiary/aromatic N) is 2. The van der Waals surface area contributed by atoms with Crippen LogP contribution in [0.1, 0.15) is 33.6 Å². The lowest BCUT2D eigenvalue weighted by Crippen LogP contribution is -2.49. The Morgan fingerprint density at radius 3 is 2.38 bits per heavy atom. The molecule has 32 heavy (non-hydrogen) atoms. The number of amides is 2. The maximum atomic E-state index is 13.1. The molecule has 0 atom stereocenters. The Kier molecular flexibility index (Phi) is 8.06. The minimum atomic E-state index is -1.10. The van der Waals surface area contributed by atoms with Gasteiger partial charge in [-0.05, 0) is 62.7 Å². The van der Waals surface area contributed by atoms with E-state index < -0.39 is 5.60 Å². The predicted molar refractivity (Wildman–Crippen MR) is 133 cm³/mol. The van der Waals surface area contributed by atoms with Crippen LogP contribution in [-0.2, 0) is 9.59 Å². The minimum Gasteiger partial charge on any atom is -0.478 e. The number of halogens is 2. The second-order valence-electron chi connectivity index (χ2n) is 8.30. The first-order valence-electron chi connectivity index (χ1n) is 10.8. The fourth-order valence-electron chi connectivity index (χ4n) is 3.57. The SMILES string of the molecule is CCCC(=O)N1CCN(c2ccc(Cl)cc2NC(=O)C(C)(C)Oc2ccc(Br)cc2)CC1. The van der Waals surface area contributed by atoms with Gasteiger partial charge >= 0.3 is 0 Å². The number of anilines is 2. The fourth-order valence-corrected chi connectivity index (χ4v) is 4.01. The van der Waals surface area contributed by atoms with E-state index in [4.69, 9.17) is 16.3 Å². The van der Waals surface area contributed by atoms with Gasteiger partial charge in [0.05, 0.1) is 11.4 Å². The number of piperazine rings is 1. The van der Waals surface area contributed by atoms with Gasteiger partial charge in [-0.25, -0.2) is 0 Å². The lowest BCUT2D eigenvalue weighted by molar-refractivity contribution is -0.131. The zero-order valence-corrected chi connectivity index (χ0v) is 21.0. The van der Waals surface area contributed by atoms with Gasteiger partial charge in [-0.15, -0.1) is 0 Å². The number of hydrogen-bond acceptors (Lipinski definition) is 4. The third kappa shape index (κ3) is 6.17. The van der Waals surface area contributed by atoms with Gasteiger partial charge in [0.15, 0.2) is 5.60 Å². The van der Waals surface area contributed by atoms with E-state index >= 15 is 0 Å². The van der Waals surface area contributed by atoms with E-state index in [2.05, 4.69) is 26.1 Å². The van der Waals surface area contributed by atoms with Crippen molar-refractivity contribution in [2.75, 3.05) is 36.4 Å². The summed E-state index contributed by atoms with van der Waals surface area (Å²) in [6.07, 6.45) is 1.43. The molecule has 0 unspecified atom stereocenters. The normalized spacial score (nSPS) is 14.3. The van der Waals surface area contributed by atoms with Crippen LogP contribution in [0.4, 0.5) is 11.4 Å². The molecule has 1 heterocycles. The van der Waals surface area contributed by atoms with Crippen molar-refractivity contribution in [2.45, 2.75) is 39.2 Å². The summed E-state index contributed by atoms with van der Waals surface area (Å²) in [5.74, 6) is 0.525. The number of nitrogens with one attached hydrogen (secondary N) is 1. The molecule has 1 aliphatic heterocycles. The van der Waals surface area contributed by atoms with Crippen molar-refractivity contribution >= 4 is 50.7 Å². The van der Waals surface area contributed by atoms with E-state index in [1.807, 2.05) is 48.2 Å². The average Bonchev–Trinajstić information content (AvgIpc) is 2.76. The maximum Gasteiger partial charge on any atom is 0.268 e. The molecule has 1 N–H and O–H groups in total. The molecular weight excluding hydrogens is 494 g/mol. The molecular formula is C24H29BrClN3O3. The Labute approximate surface area is 203 Å². The van der Waals surface area contributed by atoms with Gasteiger partial charge in [-0.2, -0.15) is 0 Å². The van der Waals surface area contributed by atoms with Gasteiger partial charge in [-0.3, -0.25) is 9.59 Å². The zero-order chi connectivity index (χ0) is 23.3. The second-order valence-corrected chi connectivity index (χ2v) is 9.65. The maximum absolute atomic E-state index is 13.1. The van der Waals surface area contributed by atoms with Crippen molar-refractivity contribution in [3.63, 3.8) is 0 Å². The van der Waals surface area contributed by atoms with Crippen LogP contribution in [0.5, 0.6) is 5.75 Å². The van der Waals surface area contributed by atoms with Gasteiger partial charge in [-0.1, -0.05) is 34.5 Å². The molecule has 8 heteroatoms. The average molecular weight is 523 g/mol. The van der Waals surface area contributed by atoms with Crippen LogP contribution >= 0.6 is 27.5 Å². The molecule has 1 saturated heterocycles. The predicted octanol–water partition coefficient (Wildman–Crippen LogP) is 5.35. The largest absolute Gasteiger partial charge is 0.478 e. The lowest BCUT2D eigenvalue weighted by Gasteiger charge is -2.37. The van der Waals surface area contributed by atoms with E-state index in [1.54, 1.807) is 19.9 Å². The molecule has 0 bridgehead atoms. The van der Waals surface area contributed by atoms with Gasteiger partial charge in [0, 0.05) is 42.1 Å². The first-order valence-corrected chi connectivity index (χ1v) is 11.9. The third-order valence-electron chi connectivity index (χ3n) is 5.38. The van der Waals surface area contributed by atoms with E-state index in [0.29, 0.717) is 49.1 Å². The lowest BCUT2D eigenvalue weighted by atomic mass is 10.1. The van der Waals surface area contributed by atoms with Gasteiger partial charge in [0.25, 0.3) is 5.91 Å². The van der Waals surface area contributed by atoms with Crippen molar-refractivity contribution < 1.29 is 14.3 Å². The second kappa shape index (κ2) is 10.6. The summed E-state index contributed by atoms with van der Waals surface area (Å²) < 4.78 is 6.88. The molecule has 0 saturated carbocycles. The fraction of sp³-hybridized carbons (Fsp3) is 0.417. The summed E-state index contributed by atoms with van der Waals surface area (Å²) in [4.78, 5) is 29.4. The van der Waals surface area contributed by atoms with Crippen LogP contribution in [0.2, 0.25) is 5.02 Å². The van der Waals surface area contributed by atoms with Crippen LogP contribution in [0.15, 0.2) is 46.9 Å². The standard InChI is InChI=1S/C24H29BrClN3O3/c1-4-5-22(30)29-14-12-28(13-15-29)21-11-8-18(26)16-20(21)27-23(31)24(2,3)32-19-9-6-17(25)7-10-19/h6-11,16H,4-5,12-15H2,1-3H3,(H,27,31). The smallest absolute Gasteiger partial charge is 0.268 e. The first kappa shape index (κ1) is 24.4. The molecule has 0 radical (unpaired) electrons. The summed E-state index contributed by atoms with van der Waals surface area (Å²) in [6, 6.07) is 12.8. The van der Waals surface area contributed by atoms with Gasteiger partial charge < -0.3 is 19.9 Å². The number of benzene rings is 2. The zero-order valence-electron chi connectivity index (χ0n) is 18.7. The Hall–Kier alpha value is -2.25. The van der Waals surface area contributed by atoms with Crippen LogP contribution in [0.25, 0.3) is 0 Å². The molecule has 2 aromatic rings. The molecule has 1 aliphatic rings. The van der Waals surface area contributed by atoms with E-state index in [9.17, 15) is 9.59 Å². The summed E-state index contributed by atoms with van der Waals surface area (Å²) in [5, 5.41) is 3.53. The summed E-state index contributed by atoms with van der Waals surface area (Å²) >= 11 is 9.64. The van der Waals surface area contributed by atoms with Crippen LogP contribution < -0.4 is 15.0 Å². The summed E-state index contributed by atoms with van der Waals surface area (Å²) in [7, 11) is 0.